The van der Waals surface area contributed by atoms with Gasteiger partial charge in [-0.3, -0.25) is 0 Å². The van der Waals surface area contributed by atoms with E-state index in [0.29, 0.717) is 28.6 Å². The summed E-state index contributed by atoms with van der Waals surface area (Å²) in [4.78, 5) is 0. The van der Waals surface area contributed by atoms with Crippen molar-refractivity contribution in [1.29, 1.82) is 0 Å². The van der Waals surface area contributed by atoms with Crippen LogP contribution in [0.5, 0.6) is 23.0 Å². The lowest BCUT2D eigenvalue weighted by Gasteiger charge is -2.15. The molecule has 112 valence electrons. The molecule has 5 heteroatoms. The summed E-state index contributed by atoms with van der Waals surface area (Å²) in [5, 5.41) is 9.86. The Morgan fingerprint density at radius 3 is 2.05 bits per heavy atom. The van der Waals surface area contributed by atoms with Crippen LogP contribution < -0.4 is 14.2 Å². The summed E-state index contributed by atoms with van der Waals surface area (Å²) in [6.07, 6.45) is -0.634. The molecule has 4 nitrogen and oxygen atoms in total. The van der Waals surface area contributed by atoms with Crippen LogP contribution in [0.1, 0.15) is 18.6 Å². The molecule has 21 heavy (non-hydrogen) atoms. The third kappa shape index (κ3) is 3.89. The molecule has 0 fully saturated rings. The number of aliphatic hydroxyl groups excluding tert-OH is 1. The Balaban J connectivity index is 2.38. The van der Waals surface area contributed by atoms with Gasteiger partial charge in [0.15, 0.2) is 0 Å². The second kappa shape index (κ2) is 6.83. The van der Waals surface area contributed by atoms with Gasteiger partial charge in [-0.15, -0.1) is 0 Å². The zero-order valence-electron chi connectivity index (χ0n) is 12.1. The van der Waals surface area contributed by atoms with E-state index in [4.69, 9.17) is 14.2 Å². The van der Waals surface area contributed by atoms with Crippen molar-refractivity contribution >= 4 is 15.9 Å². The van der Waals surface area contributed by atoms with Crippen LogP contribution in [0.25, 0.3) is 0 Å². The first kappa shape index (κ1) is 15.7. The predicted molar refractivity (Wildman–Crippen MR) is 84.4 cm³/mol. The number of aliphatic hydroxyl groups is 1. The van der Waals surface area contributed by atoms with Gasteiger partial charge < -0.3 is 19.3 Å². The Kier molecular flexibility index (Phi) is 5.09. The van der Waals surface area contributed by atoms with Gasteiger partial charge in [0, 0.05) is 28.2 Å². The Morgan fingerprint density at radius 1 is 0.952 bits per heavy atom. The van der Waals surface area contributed by atoms with Gasteiger partial charge in [-0.1, -0.05) is 15.9 Å². The minimum absolute atomic E-state index is 0.579. The second-order valence-corrected chi connectivity index (χ2v) is 5.42. The van der Waals surface area contributed by atoms with Gasteiger partial charge in [0.1, 0.15) is 23.0 Å². The van der Waals surface area contributed by atoms with Crippen LogP contribution in [0, 0.1) is 0 Å². The van der Waals surface area contributed by atoms with Crippen molar-refractivity contribution in [3.63, 3.8) is 0 Å². The average molecular weight is 353 g/mol. The highest BCUT2D eigenvalue weighted by atomic mass is 79.9. The molecule has 2 rings (SSSR count). The fraction of sp³-hybridized carbons (Fsp3) is 0.250. The standard InChI is InChI=1S/C16H17BrO4/c1-10(18)15-6-11(17)4-5-16(15)21-14-8-12(19-2)7-13(9-14)20-3/h4-10,18H,1-3H3. The number of ether oxygens (including phenoxy) is 3. The number of benzene rings is 2. The van der Waals surface area contributed by atoms with Crippen molar-refractivity contribution in [2.24, 2.45) is 0 Å². The van der Waals surface area contributed by atoms with Crippen molar-refractivity contribution < 1.29 is 19.3 Å². The molecule has 1 atom stereocenters. The number of hydrogen-bond acceptors (Lipinski definition) is 4. The van der Waals surface area contributed by atoms with Crippen molar-refractivity contribution in [3.8, 4) is 23.0 Å². The normalized spacial score (nSPS) is 11.9. The summed E-state index contributed by atoms with van der Waals surface area (Å²) in [5.41, 5.74) is 0.700. The summed E-state index contributed by atoms with van der Waals surface area (Å²) in [6.45, 7) is 1.70. The SMILES string of the molecule is COc1cc(OC)cc(Oc2ccc(Br)cc2C(C)O)c1. The maximum absolute atomic E-state index is 9.86. The average Bonchev–Trinajstić information content (AvgIpc) is 2.48. The highest BCUT2D eigenvalue weighted by Crippen LogP contribution is 2.35. The van der Waals surface area contributed by atoms with Gasteiger partial charge in [-0.2, -0.15) is 0 Å². The van der Waals surface area contributed by atoms with Crippen molar-refractivity contribution in [1.82, 2.24) is 0 Å². The quantitative estimate of drug-likeness (QED) is 0.870. The molecule has 0 aliphatic rings. The number of halogens is 1. The highest BCUT2D eigenvalue weighted by molar-refractivity contribution is 9.10. The Morgan fingerprint density at radius 2 is 1.52 bits per heavy atom. The molecule has 0 aliphatic heterocycles. The van der Waals surface area contributed by atoms with E-state index in [9.17, 15) is 5.11 Å². The zero-order chi connectivity index (χ0) is 15.4. The van der Waals surface area contributed by atoms with Gasteiger partial charge in [-0.05, 0) is 25.1 Å². The van der Waals surface area contributed by atoms with E-state index in [0.717, 1.165) is 4.47 Å². The molecule has 2 aromatic rings. The van der Waals surface area contributed by atoms with Gasteiger partial charge in [0.2, 0.25) is 0 Å². The lowest BCUT2D eigenvalue weighted by molar-refractivity contribution is 0.195. The molecule has 0 bridgehead atoms. The predicted octanol–water partition coefficient (Wildman–Crippen LogP) is 4.31. The van der Waals surface area contributed by atoms with Gasteiger partial charge >= 0.3 is 0 Å². The van der Waals surface area contributed by atoms with E-state index in [1.54, 1.807) is 45.4 Å². The summed E-state index contributed by atoms with van der Waals surface area (Å²) in [5.74, 6) is 2.44. The van der Waals surface area contributed by atoms with Crippen LogP contribution >= 0.6 is 15.9 Å². The van der Waals surface area contributed by atoms with E-state index in [-0.39, 0.29) is 0 Å². The number of methoxy groups -OCH3 is 2. The molecular formula is C16H17BrO4. The highest BCUT2D eigenvalue weighted by Gasteiger charge is 2.12. The van der Waals surface area contributed by atoms with E-state index < -0.39 is 6.10 Å². The van der Waals surface area contributed by atoms with E-state index in [1.165, 1.54) is 0 Å². The summed E-state index contributed by atoms with van der Waals surface area (Å²) >= 11 is 3.39. The van der Waals surface area contributed by atoms with E-state index in [1.807, 2.05) is 12.1 Å². The minimum atomic E-state index is -0.634. The second-order valence-electron chi connectivity index (χ2n) is 4.51. The van der Waals surface area contributed by atoms with Crippen LogP contribution in [-0.2, 0) is 0 Å². The third-order valence-electron chi connectivity index (χ3n) is 2.97. The topological polar surface area (TPSA) is 47.9 Å². The van der Waals surface area contributed by atoms with Gasteiger partial charge in [0.25, 0.3) is 0 Å². The maximum Gasteiger partial charge on any atom is 0.134 e. The largest absolute Gasteiger partial charge is 0.496 e. The molecule has 0 amide bonds. The van der Waals surface area contributed by atoms with Crippen LogP contribution in [-0.4, -0.2) is 19.3 Å². The maximum atomic E-state index is 9.86. The Bertz CT molecular complexity index is 603. The molecule has 0 aromatic heterocycles. The van der Waals surface area contributed by atoms with Crippen LogP contribution in [0.15, 0.2) is 40.9 Å². The molecule has 0 saturated heterocycles. The first-order valence-corrected chi connectivity index (χ1v) is 7.21. The molecule has 0 aliphatic carbocycles. The first-order valence-electron chi connectivity index (χ1n) is 6.42. The smallest absolute Gasteiger partial charge is 0.134 e. The van der Waals surface area contributed by atoms with Crippen LogP contribution in [0.4, 0.5) is 0 Å². The van der Waals surface area contributed by atoms with E-state index >= 15 is 0 Å². The Labute approximate surface area is 132 Å². The lowest BCUT2D eigenvalue weighted by Crippen LogP contribution is -1.97. The van der Waals surface area contributed by atoms with Crippen molar-refractivity contribution in [2.45, 2.75) is 13.0 Å². The number of rotatable bonds is 5. The Hall–Kier alpha value is -1.72. The molecule has 0 saturated carbocycles. The summed E-state index contributed by atoms with van der Waals surface area (Å²) < 4.78 is 17.2. The monoisotopic (exact) mass is 352 g/mol. The van der Waals surface area contributed by atoms with Crippen molar-refractivity contribution in [2.75, 3.05) is 14.2 Å². The molecule has 1 N–H and O–H groups in total. The molecule has 0 spiro atoms. The first-order chi connectivity index (χ1) is 10.0. The third-order valence-corrected chi connectivity index (χ3v) is 3.47. The van der Waals surface area contributed by atoms with Gasteiger partial charge in [0.05, 0.1) is 20.3 Å². The fourth-order valence-electron chi connectivity index (χ4n) is 1.91. The van der Waals surface area contributed by atoms with Gasteiger partial charge in [-0.25, -0.2) is 0 Å². The molecule has 2 aromatic carbocycles. The summed E-state index contributed by atoms with van der Waals surface area (Å²) in [6, 6.07) is 10.8. The minimum Gasteiger partial charge on any atom is -0.496 e. The molecular weight excluding hydrogens is 336 g/mol. The van der Waals surface area contributed by atoms with Crippen LogP contribution in [0.2, 0.25) is 0 Å². The van der Waals surface area contributed by atoms with Crippen molar-refractivity contribution in [3.05, 3.63) is 46.4 Å². The lowest BCUT2D eigenvalue weighted by atomic mass is 10.1. The molecule has 0 radical (unpaired) electrons. The zero-order valence-corrected chi connectivity index (χ0v) is 13.7. The van der Waals surface area contributed by atoms with E-state index in [2.05, 4.69) is 15.9 Å². The molecule has 1 unspecified atom stereocenters. The number of hydrogen-bond donors (Lipinski definition) is 1. The summed E-state index contributed by atoms with van der Waals surface area (Å²) in [7, 11) is 3.17. The molecule has 0 heterocycles. The van der Waals surface area contributed by atoms with Crippen LogP contribution in [0.3, 0.4) is 0 Å². The fourth-order valence-corrected chi connectivity index (χ4v) is 2.28.